The van der Waals surface area contributed by atoms with Gasteiger partial charge in [-0.2, -0.15) is 0 Å². The summed E-state index contributed by atoms with van der Waals surface area (Å²) in [5, 5.41) is 0. The summed E-state index contributed by atoms with van der Waals surface area (Å²) in [6.45, 7) is -0.0442. The summed E-state index contributed by atoms with van der Waals surface area (Å²) in [5.74, 6) is 0.575. The Morgan fingerprint density at radius 1 is 0.778 bits per heavy atom. The number of para-hydroxylation sites is 2. The lowest BCUT2D eigenvalue weighted by Crippen LogP contribution is -2.48. The van der Waals surface area contributed by atoms with Gasteiger partial charge in [0.1, 0.15) is 24.1 Å². The molecule has 4 aromatic carbocycles. The van der Waals surface area contributed by atoms with E-state index in [4.69, 9.17) is 9.47 Å². The van der Waals surface area contributed by atoms with Crippen LogP contribution in [-0.4, -0.2) is 48.1 Å². The Morgan fingerprint density at radius 2 is 1.42 bits per heavy atom. The number of carbonyl (C=O) groups excluding carboxylic acids is 2. The third kappa shape index (κ3) is 5.24. The number of anilines is 1. The first kappa shape index (κ1) is 28.5. The van der Waals surface area contributed by atoms with E-state index in [2.05, 4.69) is 4.57 Å². The Balaban J connectivity index is 1.31. The predicted octanol–water partition coefficient (Wildman–Crippen LogP) is 6.75. The zero-order valence-electron chi connectivity index (χ0n) is 25.4. The van der Waals surface area contributed by atoms with Crippen LogP contribution in [0.5, 0.6) is 11.5 Å². The minimum atomic E-state index is -0.513. The molecule has 1 aromatic heterocycles. The number of hydrogen-bond acceptors (Lipinski definition) is 4. The van der Waals surface area contributed by atoms with Crippen LogP contribution in [-0.2, 0) is 9.59 Å². The van der Waals surface area contributed by atoms with Gasteiger partial charge in [-0.25, -0.2) is 0 Å². The van der Waals surface area contributed by atoms with Crippen LogP contribution in [0.15, 0.2) is 121 Å². The van der Waals surface area contributed by atoms with Gasteiger partial charge in [-0.05, 0) is 66.4 Å². The zero-order valence-corrected chi connectivity index (χ0v) is 25.4. The van der Waals surface area contributed by atoms with Crippen molar-refractivity contribution < 1.29 is 19.1 Å². The monoisotopic (exact) mass is 597 g/mol. The van der Waals surface area contributed by atoms with E-state index >= 15 is 0 Å². The summed E-state index contributed by atoms with van der Waals surface area (Å²) in [7, 11) is 3.26. The van der Waals surface area contributed by atoms with Gasteiger partial charge >= 0.3 is 0 Å². The standard InChI is InChI=1S/C38H35N3O4/c1-44-29-21-22-34(45-2)30(24-29)37-33-18-11-23-39(33)31-16-9-10-17-32(31)41(37)35(42)25-40(28-19-20-28)38(43)36(26-12-5-3-6-13-26)27-14-7-4-8-15-27/h3-18,21-24,28,36-37H,19-20,25H2,1-2H3. The maximum absolute atomic E-state index is 14.8. The first-order chi connectivity index (χ1) is 22.1. The van der Waals surface area contributed by atoms with Gasteiger partial charge in [-0.3, -0.25) is 14.5 Å². The molecule has 7 heteroatoms. The third-order valence-electron chi connectivity index (χ3n) is 8.81. The Hall–Kier alpha value is -5.30. The second-order valence-corrected chi connectivity index (χ2v) is 11.5. The molecule has 45 heavy (non-hydrogen) atoms. The fourth-order valence-corrected chi connectivity index (χ4v) is 6.54. The average Bonchev–Trinajstić information content (AvgIpc) is 3.82. The fourth-order valence-electron chi connectivity index (χ4n) is 6.54. The topological polar surface area (TPSA) is 64.0 Å². The van der Waals surface area contributed by atoms with Gasteiger partial charge in [0.15, 0.2) is 0 Å². The normalized spacial score (nSPS) is 15.3. The predicted molar refractivity (Wildman–Crippen MR) is 174 cm³/mol. The number of rotatable bonds is 9. The van der Waals surface area contributed by atoms with E-state index in [1.807, 2.05) is 131 Å². The number of hydrogen-bond donors (Lipinski definition) is 0. The lowest BCUT2D eigenvalue weighted by Gasteiger charge is -2.40. The Morgan fingerprint density at radius 3 is 2.04 bits per heavy atom. The van der Waals surface area contributed by atoms with Crippen molar-refractivity contribution in [1.29, 1.82) is 0 Å². The summed E-state index contributed by atoms with van der Waals surface area (Å²) < 4.78 is 13.6. The van der Waals surface area contributed by atoms with Crippen LogP contribution in [0.1, 0.15) is 47.2 Å². The third-order valence-corrected chi connectivity index (χ3v) is 8.81. The highest BCUT2D eigenvalue weighted by Crippen LogP contribution is 2.46. The van der Waals surface area contributed by atoms with E-state index in [0.29, 0.717) is 11.5 Å². The van der Waals surface area contributed by atoms with E-state index in [-0.39, 0.29) is 24.4 Å². The summed E-state index contributed by atoms with van der Waals surface area (Å²) in [4.78, 5) is 33.1. The van der Waals surface area contributed by atoms with E-state index in [9.17, 15) is 9.59 Å². The van der Waals surface area contributed by atoms with Crippen molar-refractivity contribution in [1.82, 2.24) is 9.47 Å². The molecule has 1 aliphatic heterocycles. The van der Waals surface area contributed by atoms with Crippen molar-refractivity contribution in [3.8, 4) is 17.2 Å². The Kier molecular flexibility index (Phi) is 7.59. The molecule has 226 valence electrons. The highest BCUT2D eigenvalue weighted by molar-refractivity contribution is 6.01. The smallest absolute Gasteiger partial charge is 0.247 e. The number of benzene rings is 4. The van der Waals surface area contributed by atoms with Crippen molar-refractivity contribution in [3.63, 3.8) is 0 Å². The molecule has 1 saturated carbocycles. The molecule has 5 aromatic rings. The van der Waals surface area contributed by atoms with Crippen molar-refractivity contribution in [3.05, 3.63) is 144 Å². The number of ether oxygens (including phenoxy) is 2. The Labute approximate surface area is 263 Å². The van der Waals surface area contributed by atoms with Crippen LogP contribution in [0.25, 0.3) is 5.69 Å². The quantitative estimate of drug-likeness (QED) is 0.189. The molecule has 7 rings (SSSR count). The maximum atomic E-state index is 14.8. The SMILES string of the molecule is COc1ccc(OC)c(C2c3cccn3-c3ccccc3N2C(=O)CN(C(=O)C(c2ccccc2)c2ccccc2)C2CC2)c1. The molecule has 1 aliphatic carbocycles. The minimum Gasteiger partial charge on any atom is -0.497 e. The van der Waals surface area contributed by atoms with E-state index in [1.54, 1.807) is 14.2 Å². The summed E-state index contributed by atoms with van der Waals surface area (Å²) in [5.41, 5.74) is 5.21. The molecule has 7 nitrogen and oxygen atoms in total. The fraction of sp³-hybridized carbons (Fsp3) is 0.211. The van der Waals surface area contributed by atoms with Gasteiger partial charge in [0.2, 0.25) is 11.8 Å². The van der Waals surface area contributed by atoms with Crippen molar-refractivity contribution >= 4 is 17.5 Å². The summed E-state index contributed by atoms with van der Waals surface area (Å²) in [6.07, 6.45) is 3.77. The van der Waals surface area contributed by atoms with Crippen LogP contribution in [0.4, 0.5) is 5.69 Å². The van der Waals surface area contributed by atoms with Crippen LogP contribution >= 0.6 is 0 Å². The Bertz CT molecular complexity index is 1790. The number of carbonyl (C=O) groups is 2. The lowest BCUT2D eigenvalue weighted by atomic mass is 9.90. The van der Waals surface area contributed by atoms with Crippen LogP contribution < -0.4 is 14.4 Å². The van der Waals surface area contributed by atoms with Crippen LogP contribution in [0, 0.1) is 0 Å². The number of nitrogens with zero attached hydrogens (tertiary/aromatic N) is 3. The van der Waals surface area contributed by atoms with Gasteiger partial charge in [0.25, 0.3) is 0 Å². The van der Waals surface area contributed by atoms with Crippen molar-refractivity contribution in [2.24, 2.45) is 0 Å². The van der Waals surface area contributed by atoms with Gasteiger partial charge in [-0.1, -0.05) is 72.8 Å². The summed E-state index contributed by atoms with van der Waals surface area (Å²) >= 11 is 0. The first-order valence-electron chi connectivity index (χ1n) is 15.3. The molecule has 2 heterocycles. The van der Waals surface area contributed by atoms with Crippen LogP contribution in [0.2, 0.25) is 0 Å². The van der Waals surface area contributed by atoms with Gasteiger partial charge in [-0.15, -0.1) is 0 Å². The van der Waals surface area contributed by atoms with E-state index < -0.39 is 12.0 Å². The van der Waals surface area contributed by atoms with E-state index in [1.165, 1.54) is 0 Å². The second kappa shape index (κ2) is 12.0. The molecule has 2 amide bonds. The zero-order chi connectivity index (χ0) is 30.9. The lowest BCUT2D eigenvalue weighted by molar-refractivity contribution is -0.136. The number of amides is 2. The average molecular weight is 598 g/mol. The van der Waals surface area contributed by atoms with Gasteiger partial charge in [0.05, 0.1) is 37.2 Å². The maximum Gasteiger partial charge on any atom is 0.247 e. The molecule has 0 spiro atoms. The molecular formula is C38H35N3O4. The van der Waals surface area contributed by atoms with Crippen molar-refractivity contribution in [2.45, 2.75) is 30.8 Å². The molecule has 0 radical (unpaired) electrons. The minimum absolute atomic E-state index is 0.0186. The molecule has 0 N–H and O–H groups in total. The highest BCUT2D eigenvalue weighted by atomic mass is 16.5. The van der Waals surface area contributed by atoms with E-state index in [0.717, 1.165) is 46.6 Å². The molecule has 1 atom stereocenters. The molecule has 2 aliphatic rings. The second-order valence-electron chi connectivity index (χ2n) is 11.5. The molecule has 0 saturated heterocycles. The largest absolute Gasteiger partial charge is 0.497 e. The van der Waals surface area contributed by atoms with Gasteiger partial charge < -0.3 is 18.9 Å². The molecular weight excluding hydrogens is 562 g/mol. The van der Waals surface area contributed by atoms with Crippen molar-refractivity contribution in [2.75, 3.05) is 25.7 Å². The van der Waals surface area contributed by atoms with Gasteiger partial charge in [0, 0.05) is 17.8 Å². The number of fused-ring (bicyclic) bond motifs is 3. The number of aromatic nitrogens is 1. The highest BCUT2D eigenvalue weighted by Gasteiger charge is 2.42. The summed E-state index contributed by atoms with van der Waals surface area (Å²) in [6, 6.07) is 36.8. The molecule has 1 unspecified atom stereocenters. The molecule has 1 fully saturated rings. The molecule has 0 bridgehead atoms. The first-order valence-corrected chi connectivity index (χ1v) is 15.3. The van der Waals surface area contributed by atoms with Crippen LogP contribution in [0.3, 0.4) is 0 Å². The number of methoxy groups -OCH3 is 2.